The van der Waals surface area contributed by atoms with Crippen molar-refractivity contribution in [3.05, 3.63) is 11.3 Å². The van der Waals surface area contributed by atoms with E-state index in [1.165, 1.54) is 0 Å². The van der Waals surface area contributed by atoms with Crippen LogP contribution in [0.15, 0.2) is 11.3 Å². The summed E-state index contributed by atoms with van der Waals surface area (Å²) in [6, 6.07) is 2.22. The molecule has 3 unspecified atom stereocenters. The largest absolute Gasteiger partial charge is 0.508 e. The number of Topliss-reactive ketones (excluding diaryl/α,β-unsaturated/α-hetero) is 1. The average Bonchev–Trinajstić information content (AvgIpc) is 3.23. The SMILES string of the molecule is C[C@]12CCC3C(CC[C@@]45O[C@@H]4C(O)=C(C#N)C[C@]35C)C1CCC2=O. The first-order valence-electron chi connectivity index (χ1n) is 9.41. The molecule has 1 heterocycles. The van der Waals surface area contributed by atoms with Crippen molar-refractivity contribution in [2.45, 2.75) is 70.5 Å². The fourth-order valence-electron chi connectivity index (χ4n) is 7.30. The number of hydrogen-bond donors (Lipinski definition) is 1. The first-order valence-corrected chi connectivity index (χ1v) is 9.41. The zero-order chi connectivity index (χ0) is 16.9. The number of carbonyl (C=O) groups excluding carboxylic acids is 1. The van der Waals surface area contributed by atoms with Gasteiger partial charge in [-0.15, -0.1) is 0 Å². The monoisotopic (exact) mass is 327 g/mol. The van der Waals surface area contributed by atoms with Gasteiger partial charge >= 0.3 is 0 Å². The summed E-state index contributed by atoms with van der Waals surface area (Å²) in [5.74, 6) is 2.22. The molecule has 3 saturated carbocycles. The van der Waals surface area contributed by atoms with E-state index in [1.54, 1.807) is 0 Å². The van der Waals surface area contributed by atoms with E-state index in [0.717, 1.165) is 38.5 Å². The molecule has 0 bridgehead atoms. The molecule has 1 saturated heterocycles. The van der Waals surface area contributed by atoms with Gasteiger partial charge in [-0.1, -0.05) is 13.8 Å². The Morgan fingerprint density at radius 3 is 2.75 bits per heavy atom. The number of carbonyl (C=O) groups is 1. The first kappa shape index (κ1) is 15.0. The number of rotatable bonds is 0. The first-order chi connectivity index (χ1) is 11.4. The van der Waals surface area contributed by atoms with Crippen molar-refractivity contribution < 1.29 is 14.6 Å². The van der Waals surface area contributed by atoms with E-state index >= 15 is 0 Å². The summed E-state index contributed by atoms with van der Waals surface area (Å²) < 4.78 is 6.10. The lowest BCUT2D eigenvalue weighted by atomic mass is 9.45. The Balaban J connectivity index is 1.56. The molecule has 4 nitrogen and oxygen atoms in total. The van der Waals surface area contributed by atoms with E-state index in [2.05, 4.69) is 19.9 Å². The van der Waals surface area contributed by atoms with Crippen LogP contribution < -0.4 is 0 Å². The number of epoxide rings is 1. The molecule has 0 aromatic heterocycles. The normalized spacial score (nSPS) is 55.1. The van der Waals surface area contributed by atoms with E-state index in [0.29, 0.717) is 35.5 Å². The molecule has 5 rings (SSSR count). The van der Waals surface area contributed by atoms with Gasteiger partial charge < -0.3 is 9.84 Å². The number of ether oxygens (including phenoxy) is 1. The van der Waals surface area contributed by atoms with Gasteiger partial charge in [0.05, 0.1) is 11.6 Å². The molecule has 4 heteroatoms. The molecule has 1 aliphatic heterocycles. The second kappa shape index (κ2) is 4.25. The van der Waals surface area contributed by atoms with E-state index in [1.807, 2.05) is 0 Å². The van der Waals surface area contributed by atoms with Crippen molar-refractivity contribution in [2.24, 2.45) is 28.6 Å². The molecule has 1 spiro atoms. The minimum atomic E-state index is -0.259. The molecule has 0 aromatic carbocycles. The fourth-order valence-corrected chi connectivity index (χ4v) is 7.30. The van der Waals surface area contributed by atoms with E-state index < -0.39 is 0 Å². The quantitative estimate of drug-likeness (QED) is 0.689. The molecule has 0 amide bonds. The van der Waals surface area contributed by atoms with Crippen molar-refractivity contribution in [3.63, 3.8) is 0 Å². The lowest BCUT2D eigenvalue weighted by Crippen LogP contribution is -2.57. The number of fused-ring (bicyclic) bond motifs is 4. The van der Waals surface area contributed by atoms with Crippen LogP contribution in [-0.2, 0) is 9.53 Å². The molecule has 0 radical (unpaired) electrons. The van der Waals surface area contributed by atoms with Gasteiger partial charge in [0.1, 0.15) is 23.2 Å². The average molecular weight is 327 g/mol. The van der Waals surface area contributed by atoms with E-state index in [-0.39, 0.29) is 28.3 Å². The van der Waals surface area contributed by atoms with Crippen LogP contribution in [0, 0.1) is 39.9 Å². The maximum absolute atomic E-state index is 12.5. The Morgan fingerprint density at radius 2 is 2.00 bits per heavy atom. The minimum absolute atomic E-state index is 0.0785. The minimum Gasteiger partial charge on any atom is -0.508 e. The number of aliphatic hydroxyl groups is 1. The highest BCUT2D eigenvalue weighted by Gasteiger charge is 2.76. The molecular formula is C20H25NO3. The highest BCUT2D eigenvalue weighted by atomic mass is 16.6. The Bertz CT molecular complexity index is 721. The van der Waals surface area contributed by atoms with Gasteiger partial charge in [0.2, 0.25) is 0 Å². The van der Waals surface area contributed by atoms with Crippen LogP contribution in [0.4, 0.5) is 0 Å². The molecule has 1 N–H and O–H groups in total. The number of nitriles is 1. The van der Waals surface area contributed by atoms with Gasteiger partial charge in [-0.2, -0.15) is 5.26 Å². The van der Waals surface area contributed by atoms with Crippen LogP contribution in [0.25, 0.3) is 0 Å². The molecular weight excluding hydrogens is 302 g/mol. The van der Waals surface area contributed by atoms with Gasteiger partial charge in [0, 0.05) is 17.3 Å². The molecule has 7 atom stereocenters. The Morgan fingerprint density at radius 1 is 1.21 bits per heavy atom. The number of nitrogens with zero attached hydrogens (tertiary/aromatic N) is 1. The third-order valence-corrected chi connectivity index (χ3v) is 8.71. The topological polar surface area (TPSA) is 73.6 Å². The van der Waals surface area contributed by atoms with Crippen molar-refractivity contribution in [2.75, 3.05) is 0 Å². The summed E-state index contributed by atoms with van der Waals surface area (Å²) in [5.41, 5.74) is 0.0724. The summed E-state index contributed by atoms with van der Waals surface area (Å²) in [5, 5.41) is 19.8. The second-order valence-corrected chi connectivity index (χ2v) is 9.29. The maximum atomic E-state index is 12.5. The van der Waals surface area contributed by atoms with E-state index in [4.69, 9.17) is 4.74 Å². The van der Waals surface area contributed by atoms with Gasteiger partial charge in [0.15, 0.2) is 0 Å². The van der Waals surface area contributed by atoms with Crippen molar-refractivity contribution in [1.29, 1.82) is 5.26 Å². The lowest BCUT2D eigenvalue weighted by Gasteiger charge is -2.58. The van der Waals surface area contributed by atoms with Crippen LogP contribution in [0.1, 0.15) is 58.8 Å². The highest BCUT2D eigenvalue weighted by molar-refractivity contribution is 5.87. The van der Waals surface area contributed by atoms with E-state index in [9.17, 15) is 15.2 Å². The Kier molecular flexibility index (Phi) is 2.65. The third-order valence-electron chi connectivity index (χ3n) is 8.71. The smallest absolute Gasteiger partial charge is 0.146 e. The van der Waals surface area contributed by atoms with Crippen molar-refractivity contribution in [3.8, 4) is 6.07 Å². The highest BCUT2D eigenvalue weighted by Crippen LogP contribution is 2.72. The molecule has 4 aliphatic carbocycles. The van der Waals surface area contributed by atoms with Gasteiger partial charge in [0.25, 0.3) is 0 Å². The number of ketones is 1. The maximum Gasteiger partial charge on any atom is 0.146 e. The molecule has 5 aliphatic rings. The predicted molar refractivity (Wildman–Crippen MR) is 86.9 cm³/mol. The summed E-state index contributed by atoms with van der Waals surface area (Å²) in [6.07, 6.45) is 6.24. The Hall–Kier alpha value is -1.34. The van der Waals surface area contributed by atoms with Gasteiger partial charge in [-0.25, -0.2) is 0 Å². The van der Waals surface area contributed by atoms with Crippen LogP contribution in [0.3, 0.4) is 0 Å². The molecule has 4 fully saturated rings. The zero-order valence-corrected chi connectivity index (χ0v) is 14.5. The Labute approximate surface area is 142 Å². The van der Waals surface area contributed by atoms with Gasteiger partial charge in [-0.05, 0) is 56.3 Å². The summed E-state index contributed by atoms with van der Waals surface area (Å²) in [4.78, 5) is 12.5. The lowest BCUT2D eigenvalue weighted by molar-refractivity contribution is -0.137. The van der Waals surface area contributed by atoms with Crippen molar-refractivity contribution >= 4 is 5.78 Å². The molecule has 0 aromatic rings. The number of aliphatic hydroxyl groups excluding tert-OH is 1. The summed E-state index contributed by atoms with van der Waals surface area (Å²) in [7, 11) is 0. The van der Waals surface area contributed by atoms with Crippen LogP contribution >= 0.6 is 0 Å². The standard InChI is InChI=1S/C20H25NO3/c1-18-7-6-14-12(13(18)3-4-15(18)22)5-8-20-17(24-20)16(23)11(10-21)9-19(14,20)2/h12-14,17,23H,3-9H2,1-2H3/t12?,13?,14?,17-,18+,19-,20-/m1/s1. The fraction of sp³-hybridized carbons (Fsp3) is 0.800. The number of allylic oxidation sites excluding steroid dienone is 1. The number of hydrogen-bond acceptors (Lipinski definition) is 4. The second-order valence-electron chi connectivity index (χ2n) is 9.29. The van der Waals surface area contributed by atoms with Crippen LogP contribution in [0.2, 0.25) is 0 Å². The van der Waals surface area contributed by atoms with Gasteiger partial charge in [-0.3, -0.25) is 4.79 Å². The third kappa shape index (κ3) is 1.43. The van der Waals surface area contributed by atoms with Crippen LogP contribution in [-0.4, -0.2) is 22.6 Å². The molecule has 24 heavy (non-hydrogen) atoms. The van der Waals surface area contributed by atoms with Crippen molar-refractivity contribution in [1.82, 2.24) is 0 Å². The predicted octanol–water partition coefficient (Wildman–Crippen LogP) is 3.68. The molecule has 128 valence electrons. The summed E-state index contributed by atoms with van der Waals surface area (Å²) in [6.45, 7) is 4.48. The zero-order valence-electron chi connectivity index (χ0n) is 14.5. The summed E-state index contributed by atoms with van der Waals surface area (Å²) >= 11 is 0. The van der Waals surface area contributed by atoms with Crippen LogP contribution in [0.5, 0.6) is 0 Å².